The minimum absolute atomic E-state index is 0.109. The summed E-state index contributed by atoms with van der Waals surface area (Å²) in [5, 5.41) is 4.23. The summed E-state index contributed by atoms with van der Waals surface area (Å²) < 4.78 is 13.6. The van der Waals surface area contributed by atoms with Crippen LogP contribution in [-0.2, 0) is 0 Å². The van der Waals surface area contributed by atoms with Crippen LogP contribution in [0.2, 0.25) is 0 Å². The molecular weight excluding hydrogens is 506 g/mol. The molecule has 0 amide bonds. The second kappa shape index (κ2) is 10.3. The van der Waals surface area contributed by atoms with Crippen molar-refractivity contribution in [2.75, 3.05) is 29.7 Å². The van der Waals surface area contributed by atoms with Gasteiger partial charge in [0.25, 0.3) is 0 Å². The molecule has 2 aliphatic heterocycles. The highest BCUT2D eigenvalue weighted by Gasteiger charge is 2.42. The maximum atomic E-state index is 5.95. The molecule has 39 heavy (non-hydrogen) atoms. The largest absolute Gasteiger partial charge is 0.454 e. The van der Waals surface area contributed by atoms with E-state index in [9.17, 15) is 0 Å². The molecule has 200 valence electrons. The van der Waals surface area contributed by atoms with Crippen LogP contribution < -0.4 is 24.6 Å². The molecule has 0 aliphatic carbocycles. The van der Waals surface area contributed by atoms with Crippen molar-refractivity contribution in [3.05, 3.63) is 95.6 Å². The van der Waals surface area contributed by atoms with Gasteiger partial charge >= 0.3 is 0 Å². The van der Waals surface area contributed by atoms with Gasteiger partial charge in [-0.2, -0.15) is 0 Å². The predicted molar refractivity (Wildman–Crippen MR) is 159 cm³/mol. The summed E-state index contributed by atoms with van der Waals surface area (Å²) in [5.74, 6) is 1.48. The Bertz CT molecular complexity index is 1500. The van der Waals surface area contributed by atoms with Crippen molar-refractivity contribution >= 4 is 28.7 Å². The van der Waals surface area contributed by atoms with Gasteiger partial charge in [-0.05, 0) is 100 Å². The van der Waals surface area contributed by atoms with E-state index in [0.29, 0.717) is 5.11 Å². The van der Waals surface area contributed by atoms with Gasteiger partial charge in [0.05, 0.1) is 17.8 Å². The molecule has 1 fully saturated rings. The van der Waals surface area contributed by atoms with E-state index in [1.807, 2.05) is 36.5 Å². The number of anilines is 2. The van der Waals surface area contributed by atoms with E-state index in [1.165, 1.54) is 22.6 Å². The third-order valence-corrected chi connectivity index (χ3v) is 8.07. The SMILES string of the molecule is CCN(CC)c1ccc(-n2c(C)cc([C@H]3[C@H](c4ccccn4)NC(=S)N3c3ccc4c(c3)OCO4)c2C)cc1. The molecule has 0 unspecified atom stereocenters. The van der Waals surface area contributed by atoms with Crippen LogP contribution in [0.1, 0.15) is 48.6 Å². The lowest BCUT2D eigenvalue weighted by molar-refractivity contribution is 0.174. The van der Waals surface area contributed by atoms with Crippen LogP contribution in [0.5, 0.6) is 11.5 Å². The van der Waals surface area contributed by atoms with Crippen molar-refractivity contribution in [3.63, 3.8) is 0 Å². The van der Waals surface area contributed by atoms with E-state index in [-0.39, 0.29) is 18.9 Å². The Kier molecular flexibility index (Phi) is 6.64. The molecule has 1 N–H and O–H groups in total. The van der Waals surface area contributed by atoms with Crippen molar-refractivity contribution in [1.29, 1.82) is 0 Å². The van der Waals surface area contributed by atoms with E-state index in [1.54, 1.807) is 0 Å². The zero-order chi connectivity index (χ0) is 27.1. The standard InChI is InChI=1S/C31H33N5O2S/c1-5-34(6-2)22-10-12-23(13-11-22)35-20(3)17-25(21(35)4)30-29(26-9-7-8-16-32-26)33-31(39)36(30)24-14-15-27-28(18-24)38-19-37-27/h7-18,29-30H,5-6,19H2,1-4H3,(H,33,39)/t29-,30-/m0/s1. The first-order valence-corrected chi connectivity index (χ1v) is 13.9. The van der Waals surface area contributed by atoms with E-state index < -0.39 is 0 Å². The first kappa shape index (κ1) is 25.2. The Labute approximate surface area is 235 Å². The third kappa shape index (κ3) is 4.38. The Morgan fingerprint density at radius 2 is 1.69 bits per heavy atom. The number of hydrogen-bond acceptors (Lipinski definition) is 5. The van der Waals surface area contributed by atoms with Gasteiger partial charge in [0, 0.05) is 53.8 Å². The van der Waals surface area contributed by atoms with Gasteiger partial charge < -0.3 is 29.2 Å². The molecule has 2 aromatic carbocycles. The summed E-state index contributed by atoms with van der Waals surface area (Å²) in [4.78, 5) is 9.26. The number of fused-ring (bicyclic) bond motifs is 1. The Morgan fingerprint density at radius 3 is 2.41 bits per heavy atom. The first-order valence-electron chi connectivity index (χ1n) is 13.4. The van der Waals surface area contributed by atoms with Crippen LogP contribution in [0, 0.1) is 13.8 Å². The van der Waals surface area contributed by atoms with Crippen LogP contribution in [0.3, 0.4) is 0 Å². The molecule has 7 nitrogen and oxygen atoms in total. The quantitative estimate of drug-likeness (QED) is 0.279. The van der Waals surface area contributed by atoms with Crippen molar-refractivity contribution in [2.24, 2.45) is 0 Å². The van der Waals surface area contributed by atoms with Crippen LogP contribution >= 0.6 is 12.2 Å². The predicted octanol–water partition coefficient (Wildman–Crippen LogP) is 6.24. The van der Waals surface area contributed by atoms with Crippen LogP contribution in [0.25, 0.3) is 5.69 Å². The number of ether oxygens (including phenoxy) is 2. The van der Waals surface area contributed by atoms with Crippen molar-refractivity contribution in [3.8, 4) is 17.2 Å². The smallest absolute Gasteiger partial charge is 0.231 e. The minimum atomic E-state index is -0.122. The second-order valence-corrected chi connectivity index (χ2v) is 10.3. The number of nitrogens with one attached hydrogen (secondary N) is 1. The number of aryl methyl sites for hydroxylation is 1. The van der Waals surface area contributed by atoms with E-state index >= 15 is 0 Å². The molecule has 4 heterocycles. The minimum Gasteiger partial charge on any atom is -0.454 e. The molecule has 0 saturated carbocycles. The Balaban J connectivity index is 1.45. The van der Waals surface area contributed by atoms with Crippen molar-refractivity contribution in [1.82, 2.24) is 14.9 Å². The molecule has 1 saturated heterocycles. The first-order chi connectivity index (χ1) is 19.0. The second-order valence-electron chi connectivity index (χ2n) is 9.88. The van der Waals surface area contributed by atoms with Crippen molar-refractivity contribution in [2.45, 2.75) is 39.8 Å². The van der Waals surface area contributed by atoms with Gasteiger partial charge in [-0.15, -0.1) is 0 Å². The molecule has 4 aromatic rings. The fraction of sp³-hybridized carbons (Fsp3) is 0.290. The van der Waals surface area contributed by atoms with Gasteiger partial charge in [-0.1, -0.05) is 6.07 Å². The maximum absolute atomic E-state index is 5.95. The third-order valence-electron chi connectivity index (χ3n) is 7.76. The number of pyridine rings is 1. The van der Waals surface area contributed by atoms with E-state index in [4.69, 9.17) is 26.7 Å². The summed E-state index contributed by atoms with van der Waals surface area (Å²) in [5.41, 5.74) is 7.81. The fourth-order valence-electron chi connectivity index (χ4n) is 5.87. The molecule has 2 atom stereocenters. The van der Waals surface area contributed by atoms with Gasteiger partial charge in [0.1, 0.15) is 0 Å². The number of hydrogen-bond donors (Lipinski definition) is 1. The topological polar surface area (TPSA) is 54.8 Å². The van der Waals surface area contributed by atoms with Gasteiger partial charge in [0.15, 0.2) is 16.6 Å². The summed E-state index contributed by atoms with van der Waals surface area (Å²) in [7, 11) is 0. The monoisotopic (exact) mass is 539 g/mol. The van der Waals surface area contributed by atoms with Gasteiger partial charge in [0.2, 0.25) is 6.79 Å². The zero-order valence-electron chi connectivity index (χ0n) is 22.7. The maximum Gasteiger partial charge on any atom is 0.231 e. The van der Waals surface area contributed by atoms with E-state index in [2.05, 4.69) is 83.8 Å². The van der Waals surface area contributed by atoms with Crippen molar-refractivity contribution < 1.29 is 9.47 Å². The summed E-state index contributed by atoms with van der Waals surface area (Å²) >= 11 is 5.95. The molecule has 0 spiro atoms. The van der Waals surface area contributed by atoms with Crippen LogP contribution in [0.15, 0.2) is 72.9 Å². The molecular formula is C31H33N5O2S. The lowest BCUT2D eigenvalue weighted by Crippen LogP contribution is -2.29. The molecule has 0 bridgehead atoms. The molecule has 8 heteroatoms. The summed E-state index contributed by atoms with van der Waals surface area (Å²) in [6.45, 7) is 10.9. The van der Waals surface area contributed by atoms with E-state index in [0.717, 1.165) is 41.7 Å². The number of rotatable bonds is 7. The highest BCUT2D eigenvalue weighted by atomic mass is 32.1. The highest BCUT2D eigenvalue weighted by Crippen LogP contribution is 2.46. The van der Waals surface area contributed by atoms with Gasteiger partial charge in [-0.25, -0.2) is 0 Å². The summed E-state index contributed by atoms with van der Waals surface area (Å²) in [6, 6.07) is 22.9. The molecule has 2 aliphatic rings. The zero-order valence-corrected chi connectivity index (χ0v) is 23.5. The number of nitrogens with zero attached hydrogens (tertiary/aromatic N) is 4. The molecule has 6 rings (SSSR count). The summed E-state index contributed by atoms with van der Waals surface area (Å²) in [6.07, 6.45) is 1.83. The normalized spacial score (nSPS) is 17.9. The highest BCUT2D eigenvalue weighted by molar-refractivity contribution is 7.80. The molecule has 0 radical (unpaired) electrons. The Hall–Kier alpha value is -4.04. The Morgan fingerprint density at radius 1 is 0.949 bits per heavy atom. The molecule has 2 aromatic heterocycles. The van der Waals surface area contributed by atoms with Crippen LogP contribution in [0.4, 0.5) is 11.4 Å². The van der Waals surface area contributed by atoms with Crippen LogP contribution in [-0.4, -0.2) is 34.5 Å². The lowest BCUT2D eigenvalue weighted by Gasteiger charge is -2.28. The van der Waals surface area contributed by atoms with Gasteiger partial charge in [-0.3, -0.25) is 4.98 Å². The lowest BCUT2D eigenvalue weighted by atomic mass is 9.96. The average Bonchev–Trinajstić information content (AvgIpc) is 3.64. The number of aromatic nitrogens is 2. The number of thiocarbonyl (C=S) groups is 1. The fourth-order valence-corrected chi connectivity index (χ4v) is 6.22. The number of benzene rings is 2. The average molecular weight is 540 g/mol.